The van der Waals surface area contributed by atoms with Crippen molar-refractivity contribution in [3.63, 3.8) is 0 Å². The van der Waals surface area contributed by atoms with Crippen molar-refractivity contribution >= 4 is 38.5 Å². The molecule has 0 aliphatic carbocycles. The molecule has 0 amide bonds. The lowest BCUT2D eigenvalue weighted by Gasteiger charge is -2.21. The zero-order chi connectivity index (χ0) is 17.3. The van der Waals surface area contributed by atoms with Crippen LogP contribution in [-0.2, 0) is 16.8 Å². The fourth-order valence-corrected chi connectivity index (χ4v) is 4.28. The van der Waals surface area contributed by atoms with Gasteiger partial charge in [0.25, 0.3) is 0 Å². The maximum atomic E-state index is 12.8. The Kier molecular flexibility index (Phi) is 4.59. The summed E-state index contributed by atoms with van der Waals surface area (Å²) in [5, 5.41) is 10.1. The monoisotopic (exact) mass is 458 g/mol. The number of hydrogen-bond donors (Lipinski definition) is 1. The predicted octanol–water partition coefficient (Wildman–Crippen LogP) is 3.22. The maximum absolute atomic E-state index is 12.8. The first-order valence-electron chi connectivity index (χ1n) is 7.03. The van der Waals surface area contributed by atoms with Crippen LogP contribution < -0.4 is 9.04 Å². The smallest absolute Gasteiger partial charge is 0.333 e. The van der Waals surface area contributed by atoms with Crippen LogP contribution in [-0.4, -0.2) is 24.9 Å². The zero-order valence-electron chi connectivity index (χ0n) is 12.8. The van der Waals surface area contributed by atoms with E-state index in [9.17, 15) is 13.5 Å². The Balaban J connectivity index is 1.89. The highest BCUT2D eigenvalue weighted by molar-refractivity contribution is 14.1. The molecule has 0 fully saturated rings. The van der Waals surface area contributed by atoms with Gasteiger partial charge in [0.2, 0.25) is 5.88 Å². The second-order valence-corrected chi connectivity index (χ2v) is 8.10. The first kappa shape index (κ1) is 16.9. The van der Waals surface area contributed by atoms with E-state index in [1.807, 2.05) is 6.07 Å². The van der Waals surface area contributed by atoms with E-state index in [0.717, 1.165) is 17.7 Å². The average Bonchev–Trinajstić information content (AvgIpc) is 2.79. The van der Waals surface area contributed by atoms with E-state index >= 15 is 0 Å². The quantitative estimate of drug-likeness (QED) is 0.715. The van der Waals surface area contributed by atoms with Gasteiger partial charge >= 0.3 is 10.2 Å². The molecule has 2 aromatic carbocycles. The molecule has 1 aliphatic heterocycles. The summed E-state index contributed by atoms with van der Waals surface area (Å²) in [6, 6.07) is 14.1. The van der Waals surface area contributed by atoms with E-state index in [4.69, 9.17) is 4.74 Å². The fourth-order valence-electron chi connectivity index (χ4n) is 2.34. The molecule has 0 spiro atoms. The molecule has 0 radical (unpaired) electrons. The molecule has 24 heavy (non-hydrogen) atoms. The summed E-state index contributed by atoms with van der Waals surface area (Å²) in [5.41, 5.74) is 1.22. The predicted molar refractivity (Wildman–Crippen MR) is 99.8 cm³/mol. The average molecular weight is 458 g/mol. The lowest BCUT2D eigenvalue weighted by Crippen LogP contribution is -2.33. The first-order valence-corrected chi connectivity index (χ1v) is 9.51. The Morgan fingerprint density at radius 3 is 2.50 bits per heavy atom. The molecule has 0 unspecified atom stereocenters. The Morgan fingerprint density at radius 2 is 1.88 bits per heavy atom. The number of methoxy groups -OCH3 is 1. The topological polar surface area (TPSA) is 70.1 Å². The summed E-state index contributed by atoms with van der Waals surface area (Å²) in [6.07, 6.45) is 1.21. The van der Waals surface area contributed by atoms with Crippen LogP contribution in [0.3, 0.4) is 0 Å². The molecule has 2 aromatic rings. The normalized spacial score (nSPS) is 16.2. The van der Waals surface area contributed by atoms with Crippen molar-refractivity contribution in [3.05, 3.63) is 69.7 Å². The van der Waals surface area contributed by atoms with Crippen molar-refractivity contribution < 1.29 is 18.3 Å². The molecule has 1 N–H and O–H groups in total. The molecule has 1 heterocycles. The van der Waals surface area contributed by atoms with Crippen molar-refractivity contribution in [2.45, 2.75) is 6.54 Å². The van der Waals surface area contributed by atoms with E-state index in [-0.39, 0.29) is 12.4 Å². The highest BCUT2D eigenvalue weighted by atomic mass is 127. The second kappa shape index (κ2) is 6.52. The minimum absolute atomic E-state index is 0.0368. The van der Waals surface area contributed by atoms with Gasteiger partial charge in [-0.05, 0) is 58.5 Å². The van der Waals surface area contributed by atoms with Crippen molar-refractivity contribution in [1.82, 2.24) is 4.31 Å². The van der Waals surface area contributed by atoms with Gasteiger partial charge in [-0.2, -0.15) is 8.42 Å². The molecule has 1 aliphatic rings. The lowest BCUT2D eigenvalue weighted by atomic mass is 10.2. The van der Waals surface area contributed by atoms with Gasteiger partial charge in [-0.25, -0.2) is 8.61 Å². The van der Waals surface area contributed by atoms with E-state index in [1.165, 1.54) is 6.20 Å². The number of ether oxygens (including phenoxy) is 1. The molecular weight excluding hydrogens is 443 g/mol. The summed E-state index contributed by atoms with van der Waals surface area (Å²) in [5.74, 6) is 0.368. The van der Waals surface area contributed by atoms with Gasteiger partial charge in [-0.1, -0.05) is 18.2 Å². The SMILES string of the molecule is COc1ccc(CN2C(O)=CN(c3cccc(I)c3)S2(=O)=O)cc1. The van der Waals surface area contributed by atoms with Crippen molar-refractivity contribution in [3.8, 4) is 5.75 Å². The molecule has 8 heteroatoms. The summed E-state index contributed by atoms with van der Waals surface area (Å²) in [4.78, 5) is 0. The summed E-state index contributed by atoms with van der Waals surface area (Å²) in [7, 11) is -2.31. The standard InChI is InChI=1S/C16H15IN2O4S/c1-23-15-7-5-12(6-8-15)10-19-16(20)11-18(24(19,21)22)14-4-2-3-13(17)9-14/h2-9,11,20H,10H2,1H3. The minimum atomic E-state index is -3.87. The Labute approximate surface area is 154 Å². The van der Waals surface area contributed by atoms with Crippen LogP contribution in [0.1, 0.15) is 5.56 Å². The van der Waals surface area contributed by atoms with Gasteiger partial charge in [0.05, 0.1) is 25.5 Å². The van der Waals surface area contributed by atoms with Crippen LogP contribution in [0, 0.1) is 3.57 Å². The van der Waals surface area contributed by atoms with Crippen LogP contribution in [0.5, 0.6) is 5.75 Å². The third-order valence-electron chi connectivity index (χ3n) is 3.56. The number of hydrogen-bond acceptors (Lipinski definition) is 4. The number of benzene rings is 2. The van der Waals surface area contributed by atoms with Crippen LogP contribution in [0.4, 0.5) is 5.69 Å². The van der Waals surface area contributed by atoms with Gasteiger partial charge in [0.1, 0.15) is 5.75 Å². The highest BCUT2D eigenvalue weighted by Gasteiger charge is 2.37. The second-order valence-electron chi connectivity index (χ2n) is 5.13. The largest absolute Gasteiger partial charge is 0.497 e. The molecule has 0 saturated carbocycles. The van der Waals surface area contributed by atoms with Crippen molar-refractivity contribution in [2.75, 3.05) is 11.4 Å². The number of aliphatic hydroxyl groups is 1. The van der Waals surface area contributed by atoms with Gasteiger partial charge in [-0.3, -0.25) is 0 Å². The molecule has 0 saturated heterocycles. The molecule has 0 bridgehead atoms. The summed E-state index contributed by atoms with van der Waals surface area (Å²) in [6.45, 7) is 0.0368. The number of nitrogens with zero attached hydrogens (tertiary/aromatic N) is 2. The number of rotatable bonds is 4. The summed E-state index contributed by atoms with van der Waals surface area (Å²) >= 11 is 2.11. The van der Waals surface area contributed by atoms with Crippen LogP contribution in [0.25, 0.3) is 0 Å². The number of halogens is 1. The molecule has 126 valence electrons. The van der Waals surface area contributed by atoms with Gasteiger partial charge in [-0.15, -0.1) is 0 Å². The third-order valence-corrected chi connectivity index (χ3v) is 5.92. The maximum Gasteiger partial charge on any atom is 0.333 e. The Hall–Kier alpha value is -1.94. The van der Waals surface area contributed by atoms with E-state index < -0.39 is 10.2 Å². The molecule has 3 rings (SSSR count). The van der Waals surface area contributed by atoms with Gasteiger partial charge < -0.3 is 9.84 Å². The fraction of sp³-hybridized carbons (Fsp3) is 0.125. The molecule has 0 atom stereocenters. The highest BCUT2D eigenvalue weighted by Crippen LogP contribution is 2.31. The van der Waals surface area contributed by atoms with Crippen molar-refractivity contribution in [2.24, 2.45) is 0 Å². The summed E-state index contributed by atoms with van der Waals surface area (Å²) < 4.78 is 33.5. The number of anilines is 1. The van der Waals surface area contributed by atoms with E-state index in [1.54, 1.807) is 49.6 Å². The molecule has 0 aromatic heterocycles. The minimum Gasteiger partial charge on any atom is -0.497 e. The Morgan fingerprint density at radius 1 is 1.17 bits per heavy atom. The first-order chi connectivity index (χ1) is 11.4. The van der Waals surface area contributed by atoms with Crippen LogP contribution in [0.2, 0.25) is 0 Å². The van der Waals surface area contributed by atoms with Crippen LogP contribution >= 0.6 is 22.6 Å². The molecular formula is C16H15IN2O4S. The number of aliphatic hydroxyl groups excluding tert-OH is 1. The van der Waals surface area contributed by atoms with Gasteiger partial charge in [0.15, 0.2) is 0 Å². The van der Waals surface area contributed by atoms with Crippen LogP contribution in [0.15, 0.2) is 60.6 Å². The van der Waals surface area contributed by atoms with E-state index in [0.29, 0.717) is 11.4 Å². The van der Waals surface area contributed by atoms with Gasteiger partial charge in [0, 0.05) is 3.57 Å². The Bertz CT molecular complexity index is 881. The molecule has 6 nitrogen and oxygen atoms in total. The van der Waals surface area contributed by atoms with E-state index in [2.05, 4.69) is 22.6 Å². The van der Waals surface area contributed by atoms with Crippen molar-refractivity contribution in [1.29, 1.82) is 0 Å². The third kappa shape index (κ3) is 3.16. The lowest BCUT2D eigenvalue weighted by molar-refractivity contribution is 0.284. The zero-order valence-corrected chi connectivity index (χ0v) is 15.7.